The lowest BCUT2D eigenvalue weighted by atomic mass is 10.1. The molecule has 0 saturated carbocycles. The predicted molar refractivity (Wildman–Crippen MR) is 120 cm³/mol. The number of aryl methyl sites for hydroxylation is 1. The van der Waals surface area contributed by atoms with Crippen molar-refractivity contribution in [1.29, 1.82) is 0 Å². The highest BCUT2D eigenvalue weighted by Crippen LogP contribution is 2.22. The maximum atomic E-state index is 13.0. The third kappa shape index (κ3) is 4.67. The average molecular weight is 424 g/mol. The van der Waals surface area contributed by atoms with E-state index < -0.39 is 0 Å². The van der Waals surface area contributed by atoms with Gasteiger partial charge in [0.2, 0.25) is 5.95 Å². The van der Waals surface area contributed by atoms with Crippen molar-refractivity contribution in [2.75, 3.05) is 37.0 Å². The van der Waals surface area contributed by atoms with E-state index >= 15 is 0 Å². The summed E-state index contributed by atoms with van der Waals surface area (Å²) < 4.78 is 7.08. The second-order valence-electron chi connectivity index (χ2n) is 7.76. The van der Waals surface area contributed by atoms with Crippen molar-refractivity contribution in [3.63, 3.8) is 0 Å². The summed E-state index contributed by atoms with van der Waals surface area (Å²) in [6.07, 6.45) is 5.63. The van der Waals surface area contributed by atoms with Crippen LogP contribution in [-0.2, 0) is 18.4 Å². The van der Waals surface area contributed by atoms with Crippen molar-refractivity contribution in [1.82, 2.24) is 25.1 Å². The first-order valence-corrected chi connectivity index (χ1v) is 10.7. The molecule has 3 aromatic rings. The zero-order chi connectivity index (χ0) is 21.8. The Balaban J connectivity index is 1.57. The van der Waals surface area contributed by atoms with Gasteiger partial charge in [0.25, 0.3) is 5.91 Å². The zero-order valence-corrected chi connectivity index (χ0v) is 18.3. The molecule has 1 fully saturated rings. The molecule has 31 heavy (non-hydrogen) atoms. The molecule has 1 aromatic carbocycles. The molecule has 2 aromatic heterocycles. The zero-order valence-electron chi connectivity index (χ0n) is 18.3. The highest BCUT2D eigenvalue weighted by molar-refractivity contribution is 6.05. The highest BCUT2D eigenvalue weighted by Gasteiger charge is 2.24. The highest BCUT2D eigenvalue weighted by atomic mass is 16.5. The number of hydrogen-bond donors (Lipinski definition) is 2. The van der Waals surface area contributed by atoms with Crippen LogP contribution in [0.3, 0.4) is 0 Å². The van der Waals surface area contributed by atoms with E-state index in [4.69, 9.17) is 9.72 Å². The van der Waals surface area contributed by atoms with E-state index in [0.717, 1.165) is 43.4 Å². The van der Waals surface area contributed by atoms with Crippen molar-refractivity contribution >= 4 is 28.4 Å². The molecule has 1 aliphatic heterocycles. The third-order valence-electron chi connectivity index (χ3n) is 5.60. The van der Waals surface area contributed by atoms with Crippen LogP contribution >= 0.6 is 0 Å². The second-order valence-corrected chi connectivity index (χ2v) is 7.76. The number of ether oxygens (including phenoxy) is 1. The van der Waals surface area contributed by atoms with Gasteiger partial charge in [-0.1, -0.05) is 0 Å². The first kappa shape index (κ1) is 21.2. The fourth-order valence-electron chi connectivity index (χ4n) is 4.09. The summed E-state index contributed by atoms with van der Waals surface area (Å²) in [5.41, 5.74) is 2.58. The van der Waals surface area contributed by atoms with Crippen molar-refractivity contribution in [3.8, 4) is 0 Å². The molecule has 0 spiro atoms. The van der Waals surface area contributed by atoms with E-state index in [-0.39, 0.29) is 12.5 Å². The van der Waals surface area contributed by atoms with Crippen molar-refractivity contribution in [3.05, 3.63) is 41.9 Å². The van der Waals surface area contributed by atoms with E-state index in [1.165, 1.54) is 0 Å². The number of benzene rings is 1. The Morgan fingerprint density at radius 2 is 2.16 bits per heavy atom. The molecule has 0 atom stereocenters. The normalized spacial score (nSPS) is 14.7. The number of methoxy groups -OCH3 is 1. The monoisotopic (exact) mass is 423 g/mol. The van der Waals surface area contributed by atoms with Gasteiger partial charge in [0.1, 0.15) is 0 Å². The van der Waals surface area contributed by atoms with Gasteiger partial charge in [0, 0.05) is 50.2 Å². The lowest BCUT2D eigenvalue weighted by molar-refractivity contribution is 0.102. The molecule has 1 amide bonds. The number of rotatable bonds is 7. The van der Waals surface area contributed by atoms with Crippen LogP contribution in [0.2, 0.25) is 0 Å². The quantitative estimate of drug-likeness (QED) is 0.602. The first-order valence-electron chi connectivity index (χ1n) is 10.7. The smallest absolute Gasteiger partial charge is 0.259 e. The Morgan fingerprint density at radius 3 is 2.90 bits per heavy atom. The average Bonchev–Trinajstić information content (AvgIpc) is 3.15. The molecule has 0 unspecified atom stereocenters. The van der Waals surface area contributed by atoms with Crippen LogP contribution < -0.4 is 15.5 Å². The van der Waals surface area contributed by atoms with Crippen LogP contribution in [0.1, 0.15) is 35.8 Å². The van der Waals surface area contributed by atoms with Gasteiger partial charge in [-0.25, -0.2) is 9.97 Å². The summed E-state index contributed by atoms with van der Waals surface area (Å²) in [4.78, 5) is 24.5. The van der Waals surface area contributed by atoms with Gasteiger partial charge in [0.15, 0.2) is 0 Å². The number of nitrogens with one attached hydrogen (secondary N) is 2. The van der Waals surface area contributed by atoms with Gasteiger partial charge in [-0.05, 0) is 51.1 Å². The molecule has 1 saturated heterocycles. The van der Waals surface area contributed by atoms with E-state index in [1.54, 1.807) is 18.0 Å². The van der Waals surface area contributed by atoms with Crippen molar-refractivity contribution in [2.45, 2.75) is 32.4 Å². The van der Waals surface area contributed by atoms with Crippen LogP contribution in [-0.4, -0.2) is 58.4 Å². The molecular formula is C22H29N7O2. The first-order chi connectivity index (χ1) is 15.1. The van der Waals surface area contributed by atoms with Crippen LogP contribution in [0.25, 0.3) is 10.9 Å². The summed E-state index contributed by atoms with van der Waals surface area (Å²) in [5, 5.41) is 11.7. The summed E-state index contributed by atoms with van der Waals surface area (Å²) in [6.45, 7) is 5.15. The van der Waals surface area contributed by atoms with Crippen LogP contribution in [0, 0.1) is 0 Å². The third-order valence-corrected chi connectivity index (χ3v) is 5.60. The van der Waals surface area contributed by atoms with E-state index in [0.29, 0.717) is 28.9 Å². The van der Waals surface area contributed by atoms with E-state index in [1.807, 2.05) is 31.4 Å². The van der Waals surface area contributed by atoms with Gasteiger partial charge in [-0.15, -0.1) is 0 Å². The molecule has 9 heteroatoms. The number of carbonyl (C=O) groups is 1. The largest absolute Gasteiger partial charge is 0.378 e. The molecule has 1 aliphatic rings. The minimum atomic E-state index is -0.258. The lowest BCUT2D eigenvalue weighted by Crippen LogP contribution is -2.44. The van der Waals surface area contributed by atoms with Gasteiger partial charge in [0.05, 0.1) is 23.4 Å². The Morgan fingerprint density at radius 1 is 1.35 bits per heavy atom. The number of nitrogens with zero attached hydrogens (tertiary/aromatic N) is 5. The molecule has 3 heterocycles. The number of anilines is 2. The molecule has 2 N–H and O–H groups in total. The number of aromatic nitrogens is 4. The lowest BCUT2D eigenvalue weighted by Gasteiger charge is -2.34. The Labute approximate surface area is 181 Å². The fourth-order valence-corrected chi connectivity index (χ4v) is 4.09. The summed E-state index contributed by atoms with van der Waals surface area (Å²) in [7, 11) is 3.47. The van der Waals surface area contributed by atoms with Crippen LogP contribution in [0.15, 0.2) is 30.6 Å². The molecule has 164 valence electrons. The Hall–Kier alpha value is -3.04. The van der Waals surface area contributed by atoms with Gasteiger partial charge >= 0.3 is 0 Å². The van der Waals surface area contributed by atoms with Crippen LogP contribution in [0.4, 0.5) is 11.6 Å². The number of piperidine rings is 1. The standard InChI is InChI=1S/C22H29N7O2/c1-4-29(17-7-9-23-10-8-17)22-24-12-18(20(26-22)14-31-3)21(30)25-16-5-6-19-15(11-16)13-28(2)27-19/h5-6,11-13,17,23H,4,7-10,14H2,1-3H3,(H,25,30). The predicted octanol–water partition coefficient (Wildman–Crippen LogP) is 2.34. The minimum Gasteiger partial charge on any atom is -0.378 e. The molecule has 4 rings (SSSR count). The Bertz CT molecular complexity index is 1060. The maximum Gasteiger partial charge on any atom is 0.259 e. The molecule has 0 bridgehead atoms. The molecular weight excluding hydrogens is 394 g/mol. The van der Waals surface area contributed by atoms with E-state index in [9.17, 15) is 4.79 Å². The number of hydrogen-bond acceptors (Lipinski definition) is 7. The number of carbonyl (C=O) groups excluding carboxylic acids is 1. The number of fused-ring (bicyclic) bond motifs is 1. The summed E-state index contributed by atoms with van der Waals surface area (Å²) in [5.74, 6) is 0.390. The summed E-state index contributed by atoms with van der Waals surface area (Å²) in [6, 6.07) is 6.03. The SMILES string of the molecule is CCN(c1ncc(C(=O)Nc2ccc3nn(C)cc3c2)c(COC)n1)C1CCNCC1. The van der Waals surface area contributed by atoms with Gasteiger partial charge < -0.3 is 20.3 Å². The second kappa shape index (κ2) is 9.40. The van der Waals surface area contributed by atoms with Gasteiger partial charge in [-0.3, -0.25) is 9.48 Å². The van der Waals surface area contributed by atoms with Gasteiger partial charge in [-0.2, -0.15) is 5.10 Å². The fraction of sp³-hybridized carbons (Fsp3) is 0.455. The molecule has 9 nitrogen and oxygen atoms in total. The van der Waals surface area contributed by atoms with Crippen molar-refractivity contribution < 1.29 is 9.53 Å². The Kier molecular flexibility index (Phi) is 6.43. The topological polar surface area (TPSA) is 97.2 Å². The number of amides is 1. The maximum absolute atomic E-state index is 13.0. The van der Waals surface area contributed by atoms with E-state index in [2.05, 4.69) is 32.5 Å². The van der Waals surface area contributed by atoms with Crippen molar-refractivity contribution in [2.24, 2.45) is 7.05 Å². The molecule has 0 aliphatic carbocycles. The van der Waals surface area contributed by atoms with Crippen LogP contribution in [0.5, 0.6) is 0 Å². The minimum absolute atomic E-state index is 0.240. The summed E-state index contributed by atoms with van der Waals surface area (Å²) >= 11 is 0. The molecule has 0 radical (unpaired) electrons.